The number of anilines is 1. The Morgan fingerprint density at radius 1 is 1.10 bits per heavy atom. The van der Waals surface area contributed by atoms with Gasteiger partial charge >= 0.3 is 0 Å². The fourth-order valence-electron chi connectivity index (χ4n) is 3.45. The van der Waals surface area contributed by atoms with Gasteiger partial charge in [0.15, 0.2) is 11.5 Å². The number of ether oxygens (including phenoxy) is 2. The van der Waals surface area contributed by atoms with Gasteiger partial charge in [-0.25, -0.2) is 0 Å². The highest BCUT2D eigenvalue weighted by Crippen LogP contribution is 2.28. The predicted octanol–water partition coefficient (Wildman–Crippen LogP) is 5.03. The summed E-state index contributed by atoms with van der Waals surface area (Å²) in [4.78, 5) is 26.8. The number of nitrogens with one attached hydrogen (secondary N) is 1. The van der Waals surface area contributed by atoms with Gasteiger partial charge in [0.1, 0.15) is 0 Å². The van der Waals surface area contributed by atoms with Gasteiger partial charge in [-0.15, -0.1) is 0 Å². The number of rotatable bonds is 7. The van der Waals surface area contributed by atoms with Crippen molar-refractivity contribution in [2.24, 2.45) is 0 Å². The Kier molecular flexibility index (Phi) is 7.95. The fourth-order valence-corrected chi connectivity index (χ4v) is 3.71. The van der Waals surface area contributed by atoms with E-state index in [2.05, 4.69) is 5.32 Å². The van der Waals surface area contributed by atoms with E-state index in [9.17, 15) is 9.59 Å². The Balaban J connectivity index is 1.64. The first-order chi connectivity index (χ1) is 15.0. The molecule has 1 heterocycles. The first kappa shape index (κ1) is 22.7. The predicted molar refractivity (Wildman–Crippen MR) is 123 cm³/mol. The minimum atomic E-state index is -0.306. The van der Waals surface area contributed by atoms with Gasteiger partial charge < -0.3 is 19.7 Å². The Morgan fingerprint density at radius 3 is 2.55 bits per heavy atom. The van der Waals surface area contributed by atoms with Crippen LogP contribution in [-0.4, -0.2) is 43.5 Å². The van der Waals surface area contributed by atoms with Crippen LogP contribution in [0.15, 0.2) is 42.5 Å². The van der Waals surface area contributed by atoms with E-state index in [-0.39, 0.29) is 11.8 Å². The van der Waals surface area contributed by atoms with Crippen LogP contribution < -0.4 is 14.8 Å². The molecule has 31 heavy (non-hydrogen) atoms. The van der Waals surface area contributed by atoms with Crippen LogP contribution in [0.1, 0.15) is 42.1 Å². The molecule has 1 saturated heterocycles. The van der Waals surface area contributed by atoms with Crippen LogP contribution in [0.4, 0.5) is 5.69 Å². The number of likely N-dealkylation sites (tertiary alicyclic amines) is 1. The van der Waals surface area contributed by atoms with Crippen LogP contribution >= 0.6 is 11.6 Å². The molecular weight excluding hydrogens is 416 g/mol. The molecule has 0 bridgehead atoms. The molecule has 0 saturated carbocycles. The Labute approximate surface area is 187 Å². The van der Waals surface area contributed by atoms with Gasteiger partial charge in [-0.05, 0) is 68.2 Å². The zero-order valence-corrected chi connectivity index (χ0v) is 18.6. The summed E-state index contributed by atoms with van der Waals surface area (Å²) in [5.74, 6) is 0.886. The number of piperidine rings is 1. The molecule has 0 aromatic heterocycles. The summed E-state index contributed by atoms with van der Waals surface area (Å²) in [6.45, 7) is 3.96. The number of methoxy groups -OCH3 is 1. The molecule has 2 amide bonds. The van der Waals surface area contributed by atoms with Crippen LogP contribution in [0.3, 0.4) is 0 Å². The number of nitrogens with zero attached hydrogens (tertiary/aromatic N) is 1. The maximum Gasteiger partial charge on any atom is 0.255 e. The molecule has 3 rings (SSSR count). The molecule has 1 aliphatic heterocycles. The van der Waals surface area contributed by atoms with Gasteiger partial charge in [0.25, 0.3) is 5.91 Å². The lowest BCUT2D eigenvalue weighted by Gasteiger charge is -2.27. The third-order valence-corrected chi connectivity index (χ3v) is 5.34. The highest BCUT2D eigenvalue weighted by atomic mass is 35.5. The SMILES string of the molecule is CCOc1ccc(C=CC(=O)Nc2ccc(C(=O)N3CCCCC3)c(Cl)c2)cc1OC. The van der Waals surface area contributed by atoms with Gasteiger partial charge in [-0.2, -0.15) is 0 Å². The number of carbonyl (C=O) groups excluding carboxylic acids is 2. The van der Waals surface area contributed by atoms with Crippen molar-refractivity contribution in [1.29, 1.82) is 0 Å². The van der Waals surface area contributed by atoms with E-state index >= 15 is 0 Å². The van der Waals surface area contributed by atoms with E-state index in [1.807, 2.05) is 17.9 Å². The average Bonchev–Trinajstić information content (AvgIpc) is 2.79. The lowest BCUT2D eigenvalue weighted by Crippen LogP contribution is -2.35. The van der Waals surface area contributed by atoms with Crippen molar-refractivity contribution in [2.45, 2.75) is 26.2 Å². The molecule has 1 fully saturated rings. The lowest BCUT2D eigenvalue weighted by atomic mass is 10.1. The number of benzene rings is 2. The second kappa shape index (κ2) is 10.9. The number of halogens is 1. The van der Waals surface area contributed by atoms with Crippen LogP contribution in [-0.2, 0) is 4.79 Å². The third-order valence-electron chi connectivity index (χ3n) is 5.02. The summed E-state index contributed by atoms with van der Waals surface area (Å²) in [6, 6.07) is 10.4. The Morgan fingerprint density at radius 2 is 1.87 bits per heavy atom. The zero-order chi connectivity index (χ0) is 22.2. The normalized spacial score (nSPS) is 13.8. The molecule has 0 atom stereocenters. The maximum absolute atomic E-state index is 12.7. The van der Waals surface area contributed by atoms with E-state index < -0.39 is 0 Å². The van der Waals surface area contributed by atoms with E-state index in [1.54, 1.807) is 43.5 Å². The standard InChI is InChI=1S/C24H27ClN2O4/c1-3-31-21-11-7-17(15-22(21)30-2)8-12-23(28)26-18-9-10-19(20(25)16-18)24(29)27-13-5-4-6-14-27/h7-12,15-16H,3-6,13-14H2,1-2H3,(H,26,28). The van der Waals surface area contributed by atoms with E-state index in [4.69, 9.17) is 21.1 Å². The number of amides is 2. The van der Waals surface area contributed by atoms with Crippen molar-refractivity contribution < 1.29 is 19.1 Å². The second-order valence-electron chi connectivity index (χ2n) is 7.21. The van der Waals surface area contributed by atoms with Gasteiger partial charge in [0.2, 0.25) is 5.91 Å². The minimum Gasteiger partial charge on any atom is -0.493 e. The summed E-state index contributed by atoms with van der Waals surface area (Å²) in [5.41, 5.74) is 1.79. The van der Waals surface area contributed by atoms with Crippen molar-refractivity contribution >= 4 is 35.2 Å². The minimum absolute atomic E-state index is 0.0630. The van der Waals surface area contributed by atoms with E-state index in [0.717, 1.165) is 37.9 Å². The van der Waals surface area contributed by atoms with Gasteiger partial charge in [-0.1, -0.05) is 17.7 Å². The lowest BCUT2D eigenvalue weighted by molar-refractivity contribution is -0.111. The molecule has 0 aliphatic carbocycles. The number of carbonyl (C=O) groups is 2. The highest BCUT2D eigenvalue weighted by molar-refractivity contribution is 6.34. The monoisotopic (exact) mass is 442 g/mol. The van der Waals surface area contributed by atoms with Crippen molar-refractivity contribution in [2.75, 3.05) is 32.1 Å². The van der Waals surface area contributed by atoms with Gasteiger partial charge in [-0.3, -0.25) is 9.59 Å². The van der Waals surface area contributed by atoms with E-state index in [1.165, 1.54) is 6.08 Å². The topological polar surface area (TPSA) is 67.9 Å². The summed E-state index contributed by atoms with van der Waals surface area (Å²) in [7, 11) is 1.57. The van der Waals surface area contributed by atoms with E-state index in [0.29, 0.717) is 34.4 Å². The van der Waals surface area contributed by atoms with Crippen molar-refractivity contribution in [3.05, 3.63) is 58.6 Å². The number of hydrogen-bond acceptors (Lipinski definition) is 4. The Bertz CT molecular complexity index is 968. The van der Waals surface area contributed by atoms with Crippen LogP contribution in [0.5, 0.6) is 11.5 Å². The zero-order valence-electron chi connectivity index (χ0n) is 17.8. The summed E-state index contributed by atoms with van der Waals surface area (Å²) in [5, 5.41) is 3.10. The van der Waals surface area contributed by atoms with Crippen LogP contribution in [0.2, 0.25) is 5.02 Å². The molecular formula is C24H27ClN2O4. The van der Waals surface area contributed by atoms with Gasteiger partial charge in [0.05, 0.1) is 24.3 Å². The fraction of sp³-hybridized carbons (Fsp3) is 0.333. The molecule has 0 spiro atoms. The molecule has 2 aromatic carbocycles. The molecule has 1 aliphatic rings. The molecule has 1 N–H and O–H groups in total. The Hall–Kier alpha value is -2.99. The average molecular weight is 443 g/mol. The highest BCUT2D eigenvalue weighted by Gasteiger charge is 2.20. The largest absolute Gasteiger partial charge is 0.493 e. The van der Waals surface area contributed by atoms with Crippen LogP contribution in [0.25, 0.3) is 6.08 Å². The quantitative estimate of drug-likeness (QED) is 0.611. The molecule has 6 nitrogen and oxygen atoms in total. The van der Waals surface area contributed by atoms with Crippen molar-refractivity contribution in [3.63, 3.8) is 0 Å². The number of hydrogen-bond donors (Lipinski definition) is 1. The summed E-state index contributed by atoms with van der Waals surface area (Å²) >= 11 is 6.33. The second-order valence-corrected chi connectivity index (χ2v) is 7.62. The first-order valence-electron chi connectivity index (χ1n) is 10.4. The molecule has 164 valence electrons. The van der Waals surface area contributed by atoms with Crippen LogP contribution in [0, 0.1) is 0 Å². The molecule has 7 heteroatoms. The maximum atomic E-state index is 12.7. The molecule has 0 unspecified atom stereocenters. The van der Waals surface area contributed by atoms with Crippen molar-refractivity contribution in [1.82, 2.24) is 4.90 Å². The summed E-state index contributed by atoms with van der Waals surface area (Å²) < 4.78 is 10.8. The third kappa shape index (κ3) is 6.01. The smallest absolute Gasteiger partial charge is 0.255 e. The first-order valence-corrected chi connectivity index (χ1v) is 10.8. The van der Waals surface area contributed by atoms with Gasteiger partial charge in [0, 0.05) is 24.9 Å². The molecule has 2 aromatic rings. The molecule has 0 radical (unpaired) electrons. The summed E-state index contributed by atoms with van der Waals surface area (Å²) in [6.07, 6.45) is 6.30. The van der Waals surface area contributed by atoms with Crippen molar-refractivity contribution in [3.8, 4) is 11.5 Å².